The van der Waals surface area contributed by atoms with E-state index in [0.717, 1.165) is 26.3 Å². The van der Waals surface area contributed by atoms with Gasteiger partial charge in [0.25, 0.3) is 0 Å². The van der Waals surface area contributed by atoms with Crippen LogP contribution in [0.1, 0.15) is 20.8 Å². The molecule has 84 valence electrons. The van der Waals surface area contributed by atoms with Crippen molar-refractivity contribution in [1.82, 2.24) is 5.32 Å². The summed E-state index contributed by atoms with van der Waals surface area (Å²) in [6, 6.07) is 5.25. The summed E-state index contributed by atoms with van der Waals surface area (Å²) in [7, 11) is 0. The van der Waals surface area contributed by atoms with E-state index in [1.165, 1.54) is 20.8 Å². The molecule has 1 aliphatic heterocycles. The molecule has 0 aromatic rings. The van der Waals surface area contributed by atoms with Crippen LogP contribution >= 0.6 is 0 Å². The van der Waals surface area contributed by atoms with Crippen molar-refractivity contribution in [3.8, 4) is 18.2 Å². The van der Waals surface area contributed by atoms with Crippen LogP contribution in [0.2, 0.25) is 0 Å². The zero-order chi connectivity index (χ0) is 12.4. The van der Waals surface area contributed by atoms with Crippen molar-refractivity contribution in [3.63, 3.8) is 0 Å². The molecular formula is C10H18N4O. The Balaban J connectivity index is -0.000000140. The molecular weight excluding hydrogens is 192 g/mol. The maximum absolute atomic E-state index is 7.32. The van der Waals surface area contributed by atoms with Gasteiger partial charge in [0.15, 0.2) is 0 Å². The van der Waals surface area contributed by atoms with Crippen molar-refractivity contribution in [2.75, 3.05) is 26.3 Å². The summed E-state index contributed by atoms with van der Waals surface area (Å²) in [5, 5.41) is 25.1. The molecule has 0 spiro atoms. The molecule has 1 saturated heterocycles. The Labute approximate surface area is 91.9 Å². The predicted octanol–water partition coefficient (Wildman–Crippen LogP) is 1.20. The lowest BCUT2D eigenvalue weighted by Gasteiger charge is -2.10. The van der Waals surface area contributed by atoms with Gasteiger partial charge in [-0.05, 0) is 0 Å². The highest BCUT2D eigenvalue weighted by molar-refractivity contribution is 4.51. The number of hydrogen-bond acceptors (Lipinski definition) is 5. The molecule has 1 fully saturated rings. The number of nitrogens with zero attached hydrogens (tertiary/aromatic N) is 3. The third kappa shape index (κ3) is 69.4. The number of nitriles is 3. The smallest absolute Gasteiger partial charge is 0.0591 e. The van der Waals surface area contributed by atoms with Crippen molar-refractivity contribution in [1.29, 1.82) is 15.8 Å². The van der Waals surface area contributed by atoms with Gasteiger partial charge in [-0.2, -0.15) is 15.8 Å². The van der Waals surface area contributed by atoms with Crippen LogP contribution in [0.25, 0.3) is 0 Å². The highest BCUT2D eigenvalue weighted by atomic mass is 16.5. The van der Waals surface area contributed by atoms with Crippen LogP contribution < -0.4 is 5.32 Å². The van der Waals surface area contributed by atoms with Gasteiger partial charge in [-0.3, -0.25) is 0 Å². The molecule has 0 aromatic carbocycles. The van der Waals surface area contributed by atoms with Gasteiger partial charge in [0.05, 0.1) is 31.4 Å². The first-order valence-electron chi connectivity index (χ1n) is 4.46. The second-order valence-corrected chi connectivity index (χ2v) is 2.03. The van der Waals surface area contributed by atoms with Crippen LogP contribution in [-0.4, -0.2) is 26.3 Å². The molecule has 0 atom stereocenters. The summed E-state index contributed by atoms with van der Waals surface area (Å²) in [5.74, 6) is 0. The topological polar surface area (TPSA) is 92.6 Å². The zero-order valence-electron chi connectivity index (χ0n) is 9.58. The lowest BCUT2D eigenvalue weighted by molar-refractivity contribution is 0.109. The maximum atomic E-state index is 7.32. The van der Waals surface area contributed by atoms with Gasteiger partial charge in [0, 0.05) is 33.9 Å². The maximum Gasteiger partial charge on any atom is 0.0591 e. The normalized spacial score (nSPS) is 11.2. The largest absolute Gasteiger partial charge is 0.379 e. The summed E-state index contributed by atoms with van der Waals surface area (Å²) in [6.07, 6.45) is 0. The van der Waals surface area contributed by atoms with E-state index in [9.17, 15) is 0 Å². The molecule has 1 aliphatic rings. The van der Waals surface area contributed by atoms with Crippen molar-refractivity contribution in [3.05, 3.63) is 0 Å². The first-order chi connectivity index (χ1) is 7.24. The van der Waals surface area contributed by atoms with Gasteiger partial charge in [0.2, 0.25) is 0 Å². The van der Waals surface area contributed by atoms with Gasteiger partial charge in [0.1, 0.15) is 0 Å². The van der Waals surface area contributed by atoms with E-state index in [4.69, 9.17) is 20.5 Å². The molecule has 1 heterocycles. The Kier molecular flexibility index (Phi) is 37.4. The molecule has 0 bridgehead atoms. The quantitative estimate of drug-likeness (QED) is 0.648. The van der Waals surface area contributed by atoms with E-state index in [1.54, 1.807) is 18.2 Å². The highest BCUT2D eigenvalue weighted by Gasteiger charge is 1.92. The van der Waals surface area contributed by atoms with Gasteiger partial charge >= 0.3 is 0 Å². The molecule has 1 rings (SSSR count). The molecule has 5 heteroatoms. The molecule has 15 heavy (non-hydrogen) atoms. The van der Waals surface area contributed by atoms with Gasteiger partial charge in [-0.1, -0.05) is 0 Å². The minimum absolute atomic E-state index is 0.889. The standard InChI is InChI=1S/C4H9NO.3C2H3N/c1-3-6-4-2-5-1;3*1-2-3/h5H,1-4H2;3*1H3. The Morgan fingerprint density at radius 3 is 1.20 bits per heavy atom. The fourth-order valence-electron chi connectivity index (χ4n) is 0.516. The predicted molar refractivity (Wildman–Crippen MR) is 57.5 cm³/mol. The fraction of sp³-hybridized carbons (Fsp3) is 0.700. The third-order valence-electron chi connectivity index (χ3n) is 0.846. The summed E-state index contributed by atoms with van der Waals surface area (Å²) in [5.41, 5.74) is 0. The zero-order valence-corrected chi connectivity index (χ0v) is 9.58. The summed E-state index contributed by atoms with van der Waals surface area (Å²) >= 11 is 0. The first-order valence-corrected chi connectivity index (χ1v) is 4.46. The Bertz CT molecular complexity index is 165. The second-order valence-electron chi connectivity index (χ2n) is 2.03. The van der Waals surface area contributed by atoms with E-state index in [1.807, 2.05) is 0 Å². The van der Waals surface area contributed by atoms with Crippen LogP contribution in [0.15, 0.2) is 0 Å². The average molecular weight is 210 g/mol. The molecule has 0 radical (unpaired) electrons. The molecule has 0 aliphatic carbocycles. The molecule has 0 amide bonds. The monoisotopic (exact) mass is 210 g/mol. The molecule has 5 nitrogen and oxygen atoms in total. The van der Waals surface area contributed by atoms with Crippen molar-refractivity contribution in [2.45, 2.75) is 20.8 Å². The number of hydrogen-bond donors (Lipinski definition) is 1. The lowest BCUT2D eigenvalue weighted by atomic mass is 10.5. The van der Waals surface area contributed by atoms with E-state index in [-0.39, 0.29) is 0 Å². The minimum Gasteiger partial charge on any atom is -0.379 e. The minimum atomic E-state index is 0.889. The van der Waals surface area contributed by atoms with Crippen LogP contribution in [0, 0.1) is 34.0 Å². The highest BCUT2D eigenvalue weighted by Crippen LogP contribution is 1.76. The summed E-state index contributed by atoms with van der Waals surface area (Å²) in [4.78, 5) is 0. The first kappa shape index (κ1) is 19.0. The Morgan fingerprint density at radius 1 is 0.867 bits per heavy atom. The van der Waals surface area contributed by atoms with Crippen LogP contribution in [0.5, 0.6) is 0 Å². The molecule has 0 aromatic heterocycles. The van der Waals surface area contributed by atoms with Gasteiger partial charge in [-0.15, -0.1) is 0 Å². The SMILES string of the molecule is C1COCCN1.CC#N.CC#N.CC#N. The van der Waals surface area contributed by atoms with Crippen LogP contribution in [0.4, 0.5) is 0 Å². The number of rotatable bonds is 0. The van der Waals surface area contributed by atoms with Crippen molar-refractivity contribution in [2.24, 2.45) is 0 Å². The molecule has 0 saturated carbocycles. The number of ether oxygens (including phenoxy) is 1. The van der Waals surface area contributed by atoms with Crippen LogP contribution in [0.3, 0.4) is 0 Å². The number of morpholine rings is 1. The van der Waals surface area contributed by atoms with Crippen molar-refractivity contribution < 1.29 is 4.74 Å². The van der Waals surface area contributed by atoms with E-state index < -0.39 is 0 Å². The molecule has 0 unspecified atom stereocenters. The lowest BCUT2D eigenvalue weighted by Crippen LogP contribution is -2.30. The fourth-order valence-corrected chi connectivity index (χ4v) is 0.516. The summed E-state index contributed by atoms with van der Waals surface area (Å²) < 4.78 is 5.01. The van der Waals surface area contributed by atoms with E-state index in [2.05, 4.69) is 5.32 Å². The van der Waals surface area contributed by atoms with Gasteiger partial charge < -0.3 is 10.1 Å². The molecule has 1 N–H and O–H groups in total. The second kappa shape index (κ2) is 29.4. The third-order valence-corrected chi connectivity index (χ3v) is 0.846. The van der Waals surface area contributed by atoms with Gasteiger partial charge in [-0.25, -0.2) is 0 Å². The Hall–Kier alpha value is -1.61. The average Bonchev–Trinajstić information content (AvgIpc) is 2.24. The summed E-state index contributed by atoms with van der Waals surface area (Å²) in [6.45, 7) is 8.12. The van der Waals surface area contributed by atoms with E-state index in [0.29, 0.717) is 0 Å². The van der Waals surface area contributed by atoms with Crippen LogP contribution in [-0.2, 0) is 4.74 Å². The van der Waals surface area contributed by atoms with Crippen molar-refractivity contribution >= 4 is 0 Å². The Morgan fingerprint density at radius 2 is 1.13 bits per heavy atom. The number of nitrogens with one attached hydrogen (secondary N) is 1. The van der Waals surface area contributed by atoms with E-state index >= 15 is 0 Å².